The predicted molar refractivity (Wildman–Crippen MR) is 118 cm³/mol. The highest BCUT2D eigenvalue weighted by molar-refractivity contribution is 6.30. The Labute approximate surface area is 187 Å². The van der Waals surface area contributed by atoms with E-state index in [1.165, 1.54) is 5.56 Å². The molecular formula is C23H28ClN3O4. The van der Waals surface area contributed by atoms with Crippen LogP contribution in [0.3, 0.4) is 0 Å². The second-order valence-electron chi connectivity index (χ2n) is 8.03. The van der Waals surface area contributed by atoms with Crippen LogP contribution in [-0.4, -0.2) is 59.7 Å². The lowest BCUT2D eigenvalue weighted by atomic mass is 9.73. The van der Waals surface area contributed by atoms with Gasteiger partial charge in [-0.1, -0.05) is 23.7 Å². The minimum atomic E-state index is -0.403. The maximum atomic E-state index is 13.1. The second kappa shape index (κ2) is 11.2. The number of halogens is 1. The van der Waals surface area contributed by atoms with Crippen LogP contribution in [0, 0.1) is 5.41 Å². The number of aromatic nitrogens is 1. The van der Waals surface area contributed by atoms with Crippen LogP contribution in [0.4, 0.5) is 0 Å². The SMILES string of the molecule is O=C(NCC1CCCO1)C1(Cc2ccc(Cl)cc2)CN(Cc2ccncc2)C1.O=CO. The minimum Gasteiger partial charge on any atom is -0.483 e. The van der Waals surface area contributed by atoms with Crippen LogP contribution in [0.2, 0.25) is 5.02 Å². The van der Waals surface area contributed by atoms with E-state index < -0.39 is 5.41 Å². The fraction of sp³-hybridized carbons (Fsp3) is 0.435. The van der Waals surface area contributed by atoms with Crippen molar-refractivity contribution in [3.05, 3.63) is 64.9 Å². The van der Waals surface area contributed by atoms with Crippen LogP contribution in [0.15, 0.2) is 48.8 Å². The number of carbonyl (C=O) groups excluding carboxylic acids is 1. The van der Waals surface area contributed by atoms with E-state index in [4.69, 9.17) is 26.2 Å². The van der Waals surface area contributed by atoms with E-state index in [9.17, 15) is 4.79 Å². The third-order valence-corrected chi connectivity index (χ3v) is 5.91. The van der Waals surface area contributed by atoms with Gasteiger partial charge < -0.3 is 15.2 Å². The van der Waals surface area contributed by atoms with Crippen molar-refractivity contribution in [2.75, 3.05) is 26.2 Å². The molecule has 1 atom stereocenters. The molecule has 0 bridgehead atoms. The highest BCUT2D eigenvalue weighted by atomic mass is 35.5. The molecule has 4 rings (SSSR count). The molecule has 7 nitrogen and oxygen atoms in total. The van der Waals surface area contributed by atoms with Crippen LogP contribution in [0.5, 0.6) is 0 Å². The number of amides is 1. The van der Waals surface area contributed by atoms with Crippen LogP contribution >= 0.6 is 11.6 Å². The molecule has 2 aromatic rings. The van der Waals surface area contributed by atoms with Crippen molar-refractivity contribution in [1.29, 1.82) is 0 Å². The fourth-order valence-electron chi connectivity index (χ4n) is 4.20. The standard InChI is InChI=1S/C22H26ClN3O2.CH2O2/c23-19-5-3-17(4-6-19)12-22(21(27)25-13-20-2-1-11-28-20)15-26(16-22)14-18-7-9-24-10-8-18;2-1-3/h3-10,20H,1-2,11-16H2,(H,25,27);1H,(H,2,3). The van der Waals surface area contributed by atoms with Gasteiger partial charge in [0.1, 0.15) is 0 Å². The molecule has 2 aliphatic rings. The molecule has 1 amide bonds. The first kappa shape index (κ1) is 23.2. The third kappa shape index (κ3) is 6.50. The molecule has 166 valence electrons. The Kier molecular flexibility index (Phi) is 8.40. The lowest BCUT2D eigenvalue weighted by Crippen LogP contribution is -2.64. The summed E-state index contributed by atoms with van der Waals surface area (Å²) in [5, 5.41) is 10.8. The van der Waals surface area contributed by atoms with Crippen molar-refractivity contribution < 1.29 is 19.4 Å². The van der Waals surface area contributed by atoms with E-state index in [1.807, 2.05) is 48.8 Å². The van der Waals surface area contributed by atoms with E-state index in [0.717, 1.165) is 44.6 Å². The van der Waals surface area contributed by atoms with E-state index in [-0.39, 0.29) is 18.5 Å². The van der Waals surface area contributed by atoms with E-state index in [1.54, 1.807) is 0 Å². The molecule has 2 N–H and O–H groups in total. The Bertz CT molecular complexity index is 836. The summed E-state index contributed by atoms with van der Waals surface area (Å²) in [7, 11) is 0. The van der Waals surface area contributed by atoms with Crippen molar-refractivity contribution in [2.24, 2.45) is 5.41 Å². The van der Waals surface area contributed by atoms with Crippen molar-refractivity contribution in [2.45, 2.75) is 31.9 Å². The highest BCUT2D eigenvalue weighted by Gasteiger charge is 2.48. The van der Waals surface area contributed by atoms with Crippen molar-refractivity contribution in [3.8, 4) is 0 Å². The van der Waals surface area contributed by atoms with Gasteiger partial charge in [-0.15, -0.1) is 0 Å². The highest BCUT2D eigenvalue weighted by Crippen LogP contribution is 2.36. The number of nitrogens with one attached hydrogen (secondary N) is 1. The zero-order valence-electron chi connectivity index (χ0n) is 17.4. The topological polar surface area (TPSA) is 91.8 Å². The first-order valence-corrected chi connectivity index (χ1v) is 10.8. The molecule has 1 unspecified atom stereocenters. The number of hydrogen-bond acceptors (Lipinski definition) is 5. The molecule has 0 spiro atoms. The van der Waals surface area contributed by atoms with Crippen LogP contribution in [0.1, 0.15) is 24.0 Å². The van der Waals surface area contributed by atoms with Crippen molar-refractivity contribution in [3.63, 3.8) is 0 Å². The first-order chi connectivity index (χ1) is 15.0. The maximum absolute atomic E-state index is 13.1. The molecule has 1 aromatic carbocycles. The van der Waals surface area contributed by atoms with Crippen molar-refractivity contribution >= 4 is 24.0 Å². The molecule has 0 aliphatic carbocycles. The molecule has 8 heteroatoms. The third-order valence-electron chi connectivity index (χ3n) is 5.66. The smallest absolute Gasteiger partial charge is 0.290 e. The fourth-order valence-corrected chi connectivity index (χ4v) is 4.32. The second-order valence-corrected chi connectivity index (χ2v) is 8.47. The summed E-state index contributed by atoms with van der Waals surface area (Å²) in [6.45, 7) is 3.48. The number of likely N-dealkylation sites (tertiary alicyclic amines) is 1. The van der Waals surface area contributed by atoms with Gasteiger partial charge in [-0.3, -0.25) is 19.5 Å². The first-order valence-electron chi connectivity index (χ1n) is 10.4. The average Bonchev–Trinajstić information content (AvgIpc) is 3.27. The zero-order chi connectivity index (χ0) is 22.1. The zero-order valence-corrected chi connectivity index (χ0v) is 18.1. The summed E-state index contributed by atoms with van der Waals surface area (Å²) in [6, 6.07) is 11.9. The van der Waals surface area contributed by atoms with E-state index in [2.05, 4.69) is 15.2 Å². The molecule has 0 saturated carbocycles. The Hall–Kier alpha value is -2.48. The van der Waals surface area contributed by atoms with Gasteiger partial charge in [0.05, 0.1) is 11.5 Å². The Morgan fingerprint density at radius 2 is 1.90 bits per heavy atom. The largest absolute Gasteiger partial charge is 0.483 e. The van der Waals surface area contributed by atoms with Crippen LogP contribution < -0.4 is 5.32 Å². The van der Waals surface area contributed by atoms with Gasteiger partial charge in [-0.2, -0.15) is 0 Å². The van der Waals surface area contributed by atoms with Crippen LogP contribution in [0.25, 0.3) is 0 Å². The number of carbonyl (C=O) groups is 2. The molecular weight excluding hydrogens is 418 g/mol. The Morgan fingerprint density at radius 1 is 1.23 bits per heavy atom. The summed E-state index contributed by atoms with van der Waals surface area (Å²) >= 11 is 6.02. The lowest BCUT2D eigenvalue weighted by molar-refractivity contribution is -0.143. The lowest BCUT2D eigenvalue weighted by Gasteiger charge is -2.49. The summed E-state index contributed by atoms with van der Waals surface area (Å²) in [5.74, 6) is 0.129. The number of carboxylic acid groups (broad SMARTS) is 1. The summed E-state index contributed by atoms with van der Waals surface area (Å²) in [5.41, 5.74) is 1.95. The minimum absolute atomic E-state index is 0.129. The monoisotopic (exact) mass is 445 g/mol. The Balaban J connectivity index is 0.000000858. The number of hydrogen-bond donors (Lipinski definition) is 2. The number of benzene rings is 1. The van der Waals surface area contributed by atoms with Gasteiger partial charge in [-0.05, 0) is 54.7 Å². The molecule has 2 saturated heterocycles. The molecule has 0 radical (unpaired) electrons. The summed E-state index contributed by atoms with van der Waals surface area (Å²) < 4.78 is 5.65. The Morgan fingerprint density at radius 3 is 2.52 bits per heavy atom. The molecule has 3 heterocycles. The van der Waals surface area contributed by atoms with Gasteiger partial charge in [0.2, 0.25) is 5.91 Å². The van der Waals surface area contributed by atoms with E-state index in [0.29, 0.717) is 18.0 Å². The van der Waals surface area contributed by atoms with Gasteiger partial charge in [0.25, 0.3) is 6.47 Å². The van der Waals surface area contributed by atoms with Gasteiger partial charge in [0.15, 0.2) is 0 Å². The maximum Gasteiger partial charge on any atom is 0.290 e. The van der Waals surface area contributed by atoms with Crippen molar-refractivity contribution in [1.82, 2.24) is 15.2 Å². The van der Waals surface area contributed by atoms with E-state index >= 15 is 0 Å². The normalized spacial score (nSPS) is 19.6. The summed E-state index contributed by atoms with van der Waals surface area (Å²) in [6.07, 6.45) is 6.60. The molecule has 2 aliphatic heterocycles. The molecule has 2 fully saturated rings. The van der Waals surface area contributed by atoms with Gasteiger partial charge in [-0.25, -0.2) is 0 Å². The van der Waals surface area contributed by atoms with Gasteiger partial charge in [0, 0.05) is 50.2 Å². The molecule has 31 heavy (non-hydrogen) atoms. The number of nitrogens with zero attached hydrogens (tertiary/aromatic N) is 2. The van der Waals surface area contributed by atoms with Gasteiger partial charge >= 0.3 is 0 Å². The average molecular weight is 446 g/mol. The predicted octanol–water partition coefficient (Wildman–Crippen LogP) is 2.78. The number of rotatable bonds is 7. The molecule has 1 aromatic heterocycles. The quantitative estimate of drug-likeness (QED) is 0.637. The van der Waals surface area contributed by atoms with Crippen LogP contribution in [-0.2, 0) is 27.3 Å². The number of pyridine rings is 1. The summed E-state index contributed by atoms with van der Waals surface area (Å²) in [4.78, 5) is 27.9. The number of ether oxygens (including phenoxy) is 1.